The van der Waals surface area contributed by atoms with Gasteiger partial charge in [-0.05, 0) is 41.8 Å². The molecule has 0 aliphatic heterocycles. The minimum Gasteiger partial charge on any atom is -0.508 e. The van der Waals surface area contributed by atoms with Crippen molar-refractivity contribution in [3.8, 4) is 5.75 Å². The van der Waals surface area contributed by atoms with Crippen molar-refractivity contribution in [1.82, 2.24) is 0 Å². The first-order chi connectivity index (χ1) is 8.56. The van der Waals surface area contributed by atoms with E-state index < -0.39 is 0 Å². The highest BCUT2D eigenvalue weighted by molar-refractivity contribution is 6.35. The predicted octanol–water partition coefficient (Wildman–Crippen LogP) is 5.22. The molecule has 1 atom stereocenters. The molecule has 0 aliphatic rings. The lowest BCUT2D eigenvalue weighted by molar-refractivity contribution is 0.475. The summed E-state index contributed by atoms with van der Waals surface area (Å²) in [5.74, 6) is 0.229. The van der Waals surface area contributed by atoms with Crippen LogP contribution in [-0.2, 0) is 6.42 Å². The largest absolute Gasteiger partial charge is 0.508 e. The van der Waals surface area contributed by atoms with Crippen LogP contribution in [0.3, 0.4) is 0 Å². The van der Waals surface area contributed by atoms with Gasteiger partial charge in [0.15, 0.2) is 0 Å². The minimum atomic E-state index is -0.190. The SMILES string of the molecule is Oc1ccc(C(Cl)Cc2ccc(Cl)cc2Cl)cc1. The molecule has 2 rings (SSSR count). The molecule has 1 unspecified atom stereocenters. The molecule has 0 spiro atoms. The molecular formula is C14H11Cl3O. The van der Waals surface area contributed by atoms with E-state index >= 15 is 0 Å². The number of hydrogen-bond acceptors (Lipinski definition) is 1. The summed E-state index contributed by atoms with van der Waals surface area (Å²) in [6.45, 7) is 0. The highest BCUT2D eigenvalue weighted by Crippen LogP contribution is 2.30. The first-order valence-electron chi connectivity index (χ1n) is 5.43. The lowest BCUT2D eigenvalue weighted by Gasteiger charge is -2.11. The van der Waals surface area contributed by atoms with Crippen LogP contribution in [0.2, 0.25) is 10.0 Å². The molecule has 0 heterocycles. The van der Waals surface area contributed by atoms with Crippen LogP contribution >= 0.6 is 34.8 Å². The van der Waals surface area contributed by atoms with E-state index in [4.69, 9.17) is 34.8 Å². The second-order valence-electron chi connectivity index (χ2n) is 4.00. The monoisotopic (exact) mass is 300 g/mol. The highest BCUT2D eigenvalue weighted by Gasteiger charge is 2.11. The third kappa shape index (κ3) is 3.32. The zero-order valence-electron chi connectivity index (χ0n) is 9.41. The van der Waals surface area contributed by atoms with Gasteiger partial charge < -0.3 is 5.11 Å². The van der Waals surface area contributed by atoms with E-state index in [-0.39, 0.29) is 11.1 Å². The number of alkyl halides is 1. The summed E-state index contributed by atoms with van der Waals surface area (Å²) < 4.78 is 0. The third-order valence-electron chi connectivity index (χ3n) is 2.67. The van der Waals surface area contributed by atoms with Crippen LogP contribution < -0.4 is 0 Å². The zero-order chi connectivity index (χ0) is 13.1. The number of rotatable bonds is 3. The standard InChI is InChI=1S/C14H11Cl3O/c15-11-4-1-10(14(17)8-11)7-13(16)9-2-5-12(18)6-3-9/h1-6,8,13,18H,7H2. The molecule has 0 amide bonds. The van der Waals surface area contributed by atoms with Crippen molar-refractivity contribution in [2.75, 3.05) is 0 Å². The second-order valence-corrected chi connectivity index (χ2v) is 5.37. The summed E-state index contributed by atoms with van der Waals surface area (Å²) in [5.41, 5.74) is 1.90. The van der Waals surface area contributed by atoms with E-state index in [0.29, 0.717) is 16.5 Å². The summed E-state index contributed by atoms with van der Waals surface area (Å²) in [6.07, 6.45) is 0.613. The smallest absolute Gasteiger partial charge is 0.115 e. The Morgan fingerprint density at radius 1 is 1.00 bits per heavy atom. The maximum absolute atomic E-state index is 9.22. The van der Waals surface area contributed by atoms with Gasteiger partial charge in [0.2, 0.25) is 0 Å². The van der Waals surface area contributed by atoms with Crippen molar-refractivity contribution in [1.29, 1.82) is 0 Å². The van der Waals surface area contributed by atoms with E-state index in [9.17, 15) is 5.11 Å². The van der Waals surface area contributed by atoms with Gasteiger partial charge in [0.1, 0.15) is 5.75 Å². The maximum Gasteiger partial charge on any atom is 0.115 e. The summed E-state index contributed by atoms with van der Waals surface area (Å²) in [6, 6.07) is 12.2. The molecular weight excluding hydrogens is 291 g/mol. The first kappa shape index (κ1) is 13.5. The van der Waals surface area contributed by atoms with Crippen molar-refractivity contribution in [2.24, 2.45) is 0 Å². The predicted molar refractivity (Wildman–Crippen MR) is 76.9 cm³/mol. The van der Waals surface area contributed by atoms with Crippen molar-refractivity contribution < 1.29 is 5.11 Å². The van der Waals surface area contributed by atoms with Gasteiger partial charge in [-0.3, -0.25) is 0 Å². The van der Waals surface area contributed by atoms with Crippen LogP contribution in [0.5, 0.6) is 5.75 Å². The Hall–Kier alpha value is -0.890. The van der Waals surface area contributed by atoms with Crippen molar-refractivity contribution >= 4 is 34.8 Å². The molecule has 0 aliphatic carbocycles. The highest BCUT2D eigenvalue weighted by atomic mass is 35.5. The number of benzene rings is 2. The van der Waals surface area contributed by atoms with Gasteiger partial charge in [-0.15, -0.1) is 11.6 Å². The Balaban J connectivity index is 2.15. The van der Waals surface area contributed by atoms with Gasteiger partial charge in [-0.25, -0.2) is 0 Å². The number of aromatic hydroxyl groups is 1. The lowest BCUT2D eigenvalue weighted by Crippen LogP contribution is -1.96. The average molecular weight is 302 g/mol. The molecule has 2 aromatic carbocycles. The number of hydrogen-bond donors (Lipinski definition) is 1. The normalized spacial score (nSPS) is 12.4. The molecule has 0 saturated carbocycles. The molecule has 0 aromatic heterocycles. The molecule has 1 N–H and O–H groups in total. The van der Waals surface area contributed by atoms with Crippen LogP contribution in [0.1, 0.15) is 16.5 Å². The minimum absolute atomic E-state index is 0.190. The van der Waals surface area contributed by atoms with E-state index in [1.54, 1.807) is 36.4 Å². The van der Waals surface area contributed by atoms with Gasteiger partial charge in [0.05, 0.1) is 5.38 Å². The molecule has 2 aromatic rings. The molecule has 0 saturated heterocycles. The molecule has 0 bridgehead atoms. The molecule has 94 valence electrons. The first-order valence-corrected chi connectivity index (χ1v) is 6.62. The summed E-state index contributed by atoms with van der Waals surface area (Å²) in [5, 5.41) is 10.3. The van der Waals surface area contributed by atoms with Gasteiger partial charge in [-0.2, -0.15) is 0 Å². The van der Waals surface area contributed by atoms with Crippen LogP contribution in [0.4, 0.5) is 0 Å². The summed E-state index contributed by atoms with van der Waals surface area (Å²) >= 11 is 18.3. The van der Waals surface area contributed by atoms with E-state index in [1.807, 2.05) is 6.07 Å². The number of phenols is 1. The summed E-state index contributed by atoms with van der Waals surface area (Å²) in [7, 11) is 0. The van der Waals surface area contributed by atoms with E-state index in [1.165, 1.54) is 0 Å². The average Bonchev–Trinajstić information content (AvgIpc) is 2.33. The fraction of sp³-hybridized carbons (Fsp3) is 0.143. The number of halogens is 3. The van der Waals surface area contributed by atoms with Gasteiger partial charge in [-0.1, -0.05) is 41.4 Å². The van der Waals surface area contributed by atoms with Gasteiger partial charge in [0, 0.05) is 10.0 Å². The topological polar surface area (TPSA) is 20.2 Å². The van der Waals surface area contributed by atoms with E-state index in [2.05, 4.69) is 0 Å². The molecule has 0 fully saturated rings. The Kier molecular flexibility index (Phi) is 4.39. The van der Waals surface area contributed by atoms with Crippen molar-refractivity contribution in [3.05, 3.63) is 63.6 Å². The molecule has 1 nitrogen and oxygen atoms in total. The van der Waals surface area contributed by atoms with Crippen LogP contribution in [0, 0.1) is 0 Å². The lowest BCUT2D eigenvalue weighted by atomic mass is 10.0. The van der Waals surface area contributed by atoms with Crippen LogP contribution in [0.15, 0.2) is 42.5 Å². The molecule has 4 heteroatoms. The molecule has 18 heavy (non-hydrogen) atoms. The fourth-order valence-corrected chi connectivity index (χ4v) is 2.48. The Morgan fingerprint density at radius 3 is 2.28 bits per heavy atom. The summed E-state index contributed by atoms with van der Waals surface area (Å²) in [4.78, 5) is 0. The Bertz CT molecular complexity index is 537. The quantitative estimate of drug-likeness (QED) is 0.770. The zero-order valence-corrected chi connectivity index (χ0v) is 11.7. The van der Waals surface area contributed by atoms with Gasteiger partial charge >= 0.3 is 0 Å². The Morgan fingerprint density at radius 2 is 1.67 bits per heavy atom. The second kappa shape index (κ2) is 5.83. The molecule has 0 radical (unpaired) electrons. The fourth-order valence-electron chi connectivity index (χ4n) is 1.68. The van der Waals surface area contributed by atoms with Crippen LogP contribution in [0.25, 0.3) is 0 Å². The van der Waals surface area contributed by atoms with Crippen molar-refractivity contribution in [2.45, 2.75) is 11.8 Å². The Labute approximate surface area is 121 Å². The van der Waals surface area contributed by atoms with Gasteiger partial charge in [0.25, 0.3) is 0 Å². The van der Waals surface area contributed by atoms with Crippen LogP contribution in [-0.4, -0.2) is 5.11 Å². The van der Waals surface area contributed by atoms with E-state index in [0.717, 1.165) is 11.1 Å². The third-order valence-corrected chi connectivity index (χ3v) is 3.66. The van der Waals surface area contributed by atoms with Crippen molar-refractivity contribution in [3.63, 3.8) is 0 Å². The maximum atomic E-state index is 9.22. The number of phenolic OH excluding ortho intramolecular Hbond substituents is 1.